The molecule has 4 rings (SSSR count). The van der Waals surface area contributed by atoms with Crippen LogP contribution in [0.2, 0.25) is 0 Å². The lowest BCUT2D eigenvalue weighted by Crippen LogP contribution is -2.17. The number of nitrogens with one attached hydrogen (secondary N) is 1. The zero-order valence-electron chi connectivity index (χ0n) is 18.6. The average Bonchev–Trinajstić information content (AvgIpc) is 3.07. The van der Waals surface area contributed by atoms with Gasteiger partial charge in [-0.25, -0.2) is 9.37 Å². The number of halogens is 1. The first-order valence-electron chi connectivity index (χ1n) is 9.88. The number of fused-ring (bicyclic) bond motifs is 1. The molecule has 4 aromatic rings. The first-order valence-corrected chi connectivity index (χ1v) is 11.0. The van der Waals surface area contributed by atoms with Crippen molar-refractivity contribution in [1.82, 2.24) is 14.1 Å². The highest BCUT2D eigenvalue weighted by Gasteiger charge is 2.14. The van der Waals surface area contributed by atoms with Crippen LogP contribution in [0.25, 0.3) is 22.2 Å². The van der Waals surface area contributed by atoms with E-state index in [2.05, 4.69) is 16.7 Å². The van der Waals surface area contributed by atoms with Gasteiger partial charge in [-0.3, -0.25) is 4.79 Å². The summed E-state index contributed by atoms with van der Waals surface area (Å²) in [7, 11) is 0.596. The van der Waals surface area contributed by atoms with Crippen molar-refractivity contribution in [3.8, 4) is 16.9 Å². The fourth-order valence-corrected chi connectivity index (χ4v) is 3.63. The molecule has 10 heteroatoms. The van der Waals surface area contributed by atoms with Crippen LogP contribution in [0.3, 0.4) is 0 Å². The summed E-state index contributed by atoms with van der Waals surface area (Å²) in [6, 6.07) is 12.4. The number of benzene rings is 2. The van der Waals surface area contributed by atoms with Crippen LogP contribution in [0, 0.1) is 24.4 Å². The van der Waals surface area contributed by atoms with Crippen molar-refractivity contribution in [2.75, 3.05) is 7.11 Å². The molecule has 1 N–H and O–H groups in total. The summed E-state index contributed by atoms with van der Waals surface area (Å²) in [6.07, 6.45) is 1.80. The van der Waals surface area contributed by atoms with E-state index in [4.69, 9.17) is 22.9 Å². The summed E-state index contributed by atoms with van der Waals surface area (Å²) >= 11 is 0. The molecule has 33 heavy (non-hydrogen) atoms. The fraction of sp³-hybridized carbons (Fsp3) is 0.217. The lowest BCUT2D eigenvalue weighted by molar-refractivity contribution is 0.405. The molecule has 0 radical (unpaired) electrons. The van der Waals surface area contributed by atoms with Gasteiger partial charge in [0.15, 0.2) is 5.75 Å². The van der Waals surface area contributed by atoms with Crippen LogP contribution in [0.5, 0.6) is 5.75 Å². The zero-order chi connectivity index (χ0) is 24.3. The smallest absolute Gasteiger partial charge is 0.308 e. The van der Waals surface area contributed by atoms with E-state index in [-0.39, 0.29) is 11.4 Å². The van der Waals surface area contributed by atoms with E-state index in [0.29, 0.717) is 12.3 Å². The molecule has 2 heterocycles. The fourth-order valence-electron chi connectivity index (χ4n) is 3.63. The molecule has 0 bridgehead atoms. The Morgan fingerprint density at radius 3 is 2.33 bits per heavy atom. The summed E-state index contributed by atoms with van der Waals surface area (Å²) in [6.45, 7) is 4.60. The number of ether oxygens (including phenoxy) is 1. The van der Waals surface area contributed by atoms with Crippen molar-refractivity contribution < 1.29 is 17.5 Å². The standard InChI is InChI=1S/C23H22FN3O2.HNO2S/c1-14-9-17(18-11-21(29-4)23(28)26(3)13-18)10-20-22(14)25-15(2)27(20)12-16-5-7-19(24)8-6-16;1-4(2)3/h5-11,13H,12H2,1-4H3;1H. The van der Waals surface area contributed by atoms with E-state index in [0.717, 1.165) is 39.1 Å². The molecule has 0 aliphatic rings. The van der Waals surface area contributed by atoms with E-state index < -0.39 is 10.5 Å². The van der Waals surface area contributed by atoms with E-state index in [1.165, 1.54) is 23.8 Å². The molecule has 0 saturated carbocycles. The lowest BCUT2D eigenvalue weighted by Gasteiger charge is -2.11. The van der Waals surface area contributed by atoms with Crippen molar-refractivity contribution >= 4 is 21.5 Å². The molecule has 0 aliphatic heterocycles. The van der Waals surface area contributed by atoms with Crippen LogP contribution in [0.4, 0.5) is 4.39 Å². The Morgan fingerprint density at radius 1 is 1.09 bits per heavy atom. The molecule has 0 atom stereocenters. The lowest BCUT2D eigenvalue weighted by atomic mass is 10.0. The quantitative estimate of drug-likeness (QED) is 0.488. The topological polar surface area (TPSA) is 107 Å². The summed E-state index contributed by atoms with van der Waals surface area (Å²) in [5, 5.41) is 0. The number of aromatic nitrogens is 3. The molecule has 0 amide bonds. The molecule has 2 aromatic heterocycles. The molecular formula is C23H23FN4O4S. The maximum atomic E-state index is 13.3. The number of aryl methyl sites for hydroxylation is 3. The van der Waals surface area contributed by atoms with E-state index >= 15 is 0 Å². The van der Waals surface area contributed by atoms with Gasteiger partial charge in [0.05, 0.1) is 18.1 Å². The zero-order valence-corrected chi connectivity index (χ0v) is 19.4. The molecule has 0 fully saturated rings. The van der Waals surface area contributed by atoms with Gasteiger partial charge < -0.3 is 13.9 Å². The minimum absolute atomic E-state index is 0.175. The average molecular weight is 471 g/mol. The molecule has 0 spiro atoms. The third-order valence-electron chi connectivity index (χ3n) is 5.19. The third-order valence-corrected chi connectivity index (χ3v) is 5.19. The summed E-state index contributed by atoms with van der Waals surface area (Å²) in [5.41, 5.74) is 5.67. The summed E-state index contributed by atoms with van der Waals surface area (Å²) in [4.78, 5) is 16.9. The molecule has 0 saturated heterocycles. The third kappa shape index (κ3) is 5.35. The predicted molar refractivity (Wildman–Crippen MR) is 124 cm³/mol. The molecule has 0 unspecified atom stereocenters. The monoisotopic (exact) mass is 470 g/mol. The second kappa shape index (κ2) is 9.78. The van der Waals surface area contributed by atoms with Crippen LogP contribution < -0.4 is 10.3 Å². The first kappa shape index (κ1) is 23.9. The Kier molecular flexibility index (Phi) is 7.07. The molecule has 0 aliphatic carbocycles. The van der Waals surface area contributed by atoms with E-state index in [9.17, 15) is 9.18 Å². The Labute approximate surface area is 191 Å². The van der Waals surface area contributed by atoms with Gasteiger partial charge >= 0.3 is 10.5 Å². The maximum absolute atomic E-state index is 13.3. The van der Waals surface area contributed by atoms with Gasteiger partial charge in [-0.15, -0.1) is 0 Å². The normalized spacial score (nSPS) is 10.6. The number of nitrogens with zero attached hydrogens (tertiary/aromatic N) is 3. The highest BCUT2D eigenvalue weighted by Crippen LogP contribution is 2.29. The largest absolute Gasteiger partial charge is 0.491 e. The Bertz CT molecular complexity index is 1480. The molecule has 8 nitrogen and oxygen atoms in total. The highest BCUT2D eigenvalue weighted by atomic mass is 32.2. The van der Waals surface area contributed by atoms with Gasteiger partial charge in [0.25, 0.3) is 5.56 Å². The molecular weight excluding hydrogens is 447 g/mol. The second-order valence-corrected chi connectivity index (χ2v) is 7.95. The van der Waals surface area contributed by atoms with Gasteiger partial charge in [0, 0.05) is 25.4 Å². The Hall–Kier alpha value is -3.79. The van der Waals surface area contributed by atoms with Crippen LogP contribution in [0.15, 0.2) is 53.5 Å². The number of imidazole rings is 1. The number of hydrogen-bond acceptors (Lipinski definition) is 6. The maximum Gasteiger partial charge on any atom is 0.308 e. The van der Waals surface area contributed by atoms with Crippen molar-refractivity contribution in [3.63, 3.8) is 0 Å². The predicted octanol–water partition coefficient (Wildman–Crippen LogP) is 3.84. The Balaban J connectivity index is 0.000000709. The summed E-state index contributed by atoms with van der Waals surface area (Å²) < 4.78 is 45.0. The van der Waals surface area contributed by atoms with Gasteiger partial charge in [-0.1, -0.05) is 12.1 Å². The van der Waals surface area contributed by atoms with Gasteiger partial charge in [-0.05, 0) is 60.9 Å². The van der Waals surface area contributed by atoms with Crippen molar-refractivity contribution in [2.45, 2.75) is 20.4 Å². The second-order valence-electron chi connectivity index (χ2n) is 7.48. The van der Waals surface area contributed by atoms with Crippen molar-refractivity contribution in [3.05, 3.63) is 81.8 Å². The number of methoxy groups -OCH3 is 1. The van der Waals surface area contributed by atoms with Crippen LogP contribution in [-0.2, 0) is 24.1 Å². The number of hydrogen-bond donors (Lipinski definition) is 1. The molecule has 172 valence electrons. The number of rotatable bonds is 4. The summed E-state index contributed by atoms with van der Waals surface area (Å²) in [5.74, 6) is 0.948. The highest BCUT2D eigenvalue weighted by molar-refractivity contribution is 7.60. The van der Waals surface area contributed by atoms with Crippen molar-refractivity contribution in [1.29, 1.82) is 4.78 Å². The minimum atomic E-state index is -2.61. The van der Waals surface area contributed by atoms with E-state index in [1.54, 1.807) is 31.4 Å². The van der Waals surface area contributed by atoms with Crippen LogP contribution in [0.1, 0.15) is 17.0 Å². The van der Waals surface area contributed by atoms with Gasteiger partial charge in [0.1, 0.15) is 11.6 Å². The van der Waals surface area contributed by atoms with Crippen molar-refractivity contribution in [2.24, 2.45) is 7.05 Å². The van der Waals surface area contributed by atoms with Crippen LogP contribution in [-0.4, -0.2) is 29.6 Å². The molecule has 2 aromatic carbocycles. The SMILES string of the molecule is COc1cc(-c2cc(C)c3nc(C)n(Cc4ccc(F)cc4)c3c2)cn(C)c1=O.N=S(=O)=O. The minimum Gasteiger partial charge on any atom is -0.491 e. The Morgan fingerprint density at radius 2 is 1.73 bits per heavy atom. The van der Waals surface area contributed by atoms with Crippen LogP contribution >= 0.6 is 0 Å². The van der Waals surface area contributed by atoms with Gasteiger partial charge in [-0.2, -0.15) is 13.2 Å². The number of pyridine rings is 1. The first-order chi connectivity index (χ1) is 15.6. The van der Waals surface area contributed by atoms with Gasteiger partial charge in [0.2, 0.25) is 0 Å². The van der Waals surface area contributed by atoms with E-state index in [1.807, 2.05) is 13.8 Å².